The lowest BCUT2D eigenvalue weighted by atomic mass is 10.1. The summed E-state index contributed by atoms with van der Waals surface area (Å²) in [6.45, 7) is 0.713. The molecular formula is C18H15F2N9O2. The van der Waals surface area contributed by atoms with Crippen LogP contribution in [-0.2, 0) is 0 Å². The molecule has 158 valence electrons. The van der Waals surface area contributed by atoms with Crippen LogP contribution < -0.4 is 16.4 Å². The number of nitrogens with one attached hydrogen (secondary N) is 2. The molecule has 0 fully saturated rings. The lowest BCUT2D eigenvalue weighted by Crippen LogP contribution is -2.16. The molecule has 13 heteroatoms. The molecule has 0 aliphatic rings. The SMILES string of the molecule is Nc1nc(NCCNc2nc(-c3ccc(F)cc3F)cn3ncnc23)ccc1[N+](=O)[O-]. The maximum absolute atomic E-state index is 14.2. The summed E-state index contributed by atoms with van der Waals surface area (Å²) in [7, 11) is 0. The second-order valence-electron chi connectivity index (χ2n) is 6.34. The summed E-state index contributed by atoms with van der Waals surface area (Å²) < 4.78 is 28.8. The molecule has 0 atom stereocenters. The van der Waals surface area contributed by atoms with Crippen molar-refractivity contribution in [3.63, 3.8) is 0 Å². The van der Waals surface area contributed by atoms with Crippen molar-refractivity contribution in [2.24, 2.45) is 0 Å². The van der Waals surface area contributed by atoms with E-state index in [4.69, 9.17) is 5.73 Å². The van der Waals surface area contributed by atoms with Gasteiger partial charge >= 0.3 is 5.69 Å². The van der Waals surface area contributed by atoms with Gasteiger partial charge in [0.1, 0.15) is 23.8 Å². The minimum Gasteiger partial charge on any atom is -0.378 e. The molecule has 0 radical (unpaired) electrons. The predicted molar refractivity (Wildman–Crippen MR) is 108 cm³/mol. The van der Waals surface area contributed by atoms with Crippen LogP contribution in [0.1, 0.15) is 0 Å². The van der Waals surface area contributed by atoms with Crippen LogP contribution in [0.4, 0.5) is 31.9 Å². The quantitative estimate of drug-likeness (QED) is 0.230. The van der Waals surface area contributed by atoms with Crippen LogP contribution >= 0.6 is 0 Å². The Morgan fingerprint density at radius 3 is 2.68 bits per heavy atom. The third kappa shape index (κ3) is 4.14. The van der Waals surface area contributed by atoms with Crippen LogP contribution in [0.25, 0.3) is 16.9 Å². The van der Waals surface area contributed by atoms with Gasteiger partial charge in [-0.05, 0) is 18.2 Å². The molecule has 3 aromatic heterocycles. The van der Waals surface area contributed by atoms with E-state index in [2.05, 4.69) is 30.7 Å². The van der Waals surface area contributed by atoms with Crippen molar-refractivity contribution in [2.45, 2.75) is 0 Å². The van der Waals surface area contributed by atoms with E-state index in [-0.39, 0.29) is 22.8 Å². The standard InChI is InChI=1S/C18H15F2N9O2/c19-10-1-2-11(12(20)7-10)13-8-28-18(24-9-25-28)17(26-13)23-6-5-22-15-4-3-14(29(30)31)16(21)27-15/h1-4,7-9H,5-6H2,(H,23,26)(H3,21,22,27). The van der Waals surface area contributed by atoms with Gasteiger partial charge in [-0.15, -0.1) is 0 Å². The highest BCUT2D eigenvalue weighted by atomic mass is 19.1. The number of pyridine rings is 1. The Hall–Kier alpha value is -4.42. The van der Waals surface area contributed by atoms with E-state index >= 15 is 0 Å². The molecule has 4 rings (SSSR count). The summed E-state index contributed by atoms with van der Waals surface area (Å²) in [5.41, 5.74) is 6.08. The maximum Gasteiger partial charge on any atom is 0.311 e. The number of nitrogens with zero attached hydrogens (tertiary/aromatic N) is 6. The monoisotopic (exact) mass is 427 g/mol. The molecule has 0 spiro atoms. The summed E-state index contributed by atoms with van der Waals surface area (Å²) >= 11 is 0. The summed E-state index contributed by atoms with van der Waals surface area (Å²) in [4.78, 5) is 22.6. The molecular weight excluding hydrogens is 412 g/mol. The van der Waals surface area contributed by atoms with Crippen molar-refractivity contribution < 1.29 is 13.7 Å². The van der Waals surface area contributed by atoms with Crippen molar-refractivity contribution in [3.05, 3.63) is 64.6 Å². The van der Waals surface area contributed by atoms with E-state index in [1.54, 1.807) is 0 Å². The Balaban J connectivity index is 1.49. The maximum atomic E-state index is 14.2. The Bertz CT molecular complexity index is 1280. The molecule has 31 heavy (non-hydrogen) atoms. The molecule has 0 aliphatic carbocycles. The highest BCUT2D eigenvalue weighted by Crippen LogP contribution is 2.24. The summed E-state index contributed by atoms with van der Waals surface area (Å²) in [6.07, 6.45) is 2.82. The van der Waals surface area contributed by atoms with E-state index < -0.39 is 16.6 Å². The molecule has 4 N–H and O–H groups in total. The first-order valence-corrected chi connectivity index (χ1v) is 8.97. The number of nitrogen functional groups attached to an aromatic ring is 1. The molecule has 0 amide bonds. The Morgan fingerprint density at radius 2 is 1.94 bits per heavy atom. The smallest absolute Gasteiger partial charge is 0.311 e. The van der Waals surface area contributed by atoms with Gasteiger partial charge in [0.25, 0.3) is 0 Å². The van der Waals surface area contributed by atoms with Gasteiger partial charge in [-0.1, -0.05) is 0 Å². The first-order valence-electron chi connectivity index (χ1n) is 8.97. The Morgan fingerprint density at radius 1 is 1.13 bits per heavy atom. The lowest BCUT2D eigenvalue weighted by Gasteiger charge is -2.11. The van der Waals surface area contributed by atoms with Crippen molar-refractivity contribution in [2.75, 3.05) is 29.5 Å². The number of hydrogen-bond donors (Lipinski definition) is 3. The number of anilines is 3. The first-order chi connectivity index (χ1) is 14.9. The summed E-state index contributed by atoms with van der Waals surface area (Å²) in [5, 5.41) is 20.9. The zero-order valence-electron chi connectivity index (χ0n) is 15.8. The van der Waals surface area contributed by atoms with Crippen molar-refractivity contribution >= 4 is 28.8 Å². The van der Waals surface area contributed by atoms with Gasteiger partial charge in [-0.2, -0.15) is 5.10 Å². The van der Waals surface area contributed by atoms with Crippen LogP contribution in [0.3, 0.4) is 0 Å². The fourth-order valence-corrected chi connectivity index (χ4v) is 2.87. The highest BCUT2D eigenvalue weighted by Gasteiger charge is 2.14. The normalized spacial score (nSPS) is 10.9. The first kappa shape index (κ1) is 19.9. The second kappa shape index (κ2) is 8.14. The van der Waals surface area contributed by atoms with E-state index in [9.17, 15) is 18.9 Å². The molecule has 11 nitrogen and oxygen atoms in total. The predicted octanol–water partition coefficient (Wildman–Crippen LogP) is 2.48. The topological polar surface area (TPSA) is 149 Å². The molecule has 0 aliphatic heterocycles. The number of aromatic nitrogens is 5. The fraction of sp³-hybridized carbons (Fsp3) is 0.111. The van der Waals surface area contributed by atoms with Crippen LogP contribution in [0.5, 0.6) is 0 Å². The zero-order valence-corrected chi connectivity index (χ0v) is 15.8. The van der Waals surface area contributed by atoms with Gasteiger partial charge in [0, 0.05) is 30.8 Å². The molecule has 4 aromatic rings. The Kier molecular flexibility index (Phi) is 5.22. The lowest BCUT2D eigenvalue weighted by molar-refractivity contribution is -0.384. The van der Waals surface area contributed by atoms with E-state index in [1.165, 1.54) is 35.2 Å². The molecule has 3 heterocycles. The van der Waals surface area contributed by atoms with Crippen molar-refractivity contribution in [3.8, 4) is 11.3 Å². The van der Waals surface area contributed by atoms with Gasteiger partial charge in [0.05, 0.1) is 16.8 Å². The molecule has 1 aromatic carbocycles. The third-order valence-corrected chi connectivity index (χ3v) is 4.29. The second-order valence-corrected chi connectivity index (χ2v) is 6.34. The van der Waals surface area contributed by atoms with Crippen LogP contribution in [0.15, 0.2) is 42.9 Å². The Labute approximate surface area is 173 Å². The summed E-state index contributed by atoms with van der Waals surface area (Å²) in [5.74, 6) is -0.914. The largest absolute Gasteiger partial charge is 0.378 e. The van der Waals surface area contributed by atoms with Gasteiger partial charge in [-0.3, -0.25) is 10.1 Å². The van der Waals surface area contributed by atoms with Crippen LogP contribution in [-0.4, -0.2) is 42.6 Å². The van der Waals surface area contributed by atoms with E-state index in [1.807, 2.05) is 0 Å². The van der Waals surface area contributed by atoms with Gasteiger partial charge in [-0.25, -0.2) is 28.2 Å². The minimum absolute atomic E-state index is 0.116. The molecule has 0 saturated carbocycles. The number of halogens is 2. The number of nitrogens with two attached hydrogens (primary N) is 1. The van der Waals surface area contributed by atoms with Crippen molar-refractivity contribution in [1.29, 1.82) is 0 Å². The van der Waals surface area contributed by atoms with Crippen LogP contribution in [0, 0.1) is 21.7 Å². The third-order valence-electron chi connectivity index (χ3n) is 4.29. The number of hydrogen-bond acceptors (Lipinski definition) is 9. The van der Waals surface area contributed by atoms with E-state index in [0.717, 1.165) is 12.1 Å². The number of nitro groups is 1. The van der Waals surface area contributed by atoms with Gasteiger partial charge < -0.3 is 16.4 Å². The molecule has 0 unspecified atom stereocenters. The van der Waals surface area contributed by atoms with Crippen LogP contribution in [0.2, 0.25) is 0 Å². The fourth-order valence-electron chi connectivity index (χ4n) is 2.87. The number of benzene rings is 1. The van der Waals surface area contributed by atoms with Crippen molar-refractivity contribution in [1.82, 2.24) is 24.6 Å². The van der Waals surface area contributed by atoms with E-state index in [0.29, 0.717) is 30.4 Å². The molecule has 0 saturated heterocycles. The average Bonchev–Trinajstić information content (AvgIpc) is 3.19. The summed E-state index contributed by atoms with van der Waals surface area (Å²) in [6, 6.07) is 5.93. The zero-order chi connectivity index (χ0) is 22.0. The number of fused-ring (bicyclic) bond motifs is 1. The molecule has 0 bridgehead atoms. The average molecular weight is 427 g/mol. The minimum atomic E-state index is -0.749. The van der Waals surface area contributed by atoms with Gasteiger partial charge in [0.15, 0.2) is 11.5 Å². The highest BCUT2D eigenvalue weighted by molar-refractivity contribution is 5.69. The number of rotatable bonds is 7. The van der Waals surface area contributed by atoms with Gasteiger partial charge in [0.2, 0.25) is 5.82 Å².